The molecule has 2 heterocycles. The average Bonchev–Trinajstić information content (AvgIpc) is 3.40. The molecule has 2 aromatic heterocycles. The highest BCUT2D eigenvalue weighted by atomic mass is 32.2. The Balaban J connectivity index is 1.31. The van der Waals surface area contributed by atoms with E-state index in [-0.39, 0.29) is 4.90 Å². The molecule has 0 aliphatic rings. The normalized spacial score (nSPS) is 12.1. The van der Waals surface area contributed by atoms with E-state index in [1.165, 1.54) is 5.56 Å². The molecular weight excluding hydrogens is 629 g/mol. The van der Waals surface area contributed by atoms with Crippen molar-refractivity contribution in [2.24, 2.45) is 0 Å². The second-order valence-electron chi connectivity index (χ2n) is 11.8. The molecule has 250 valence electrons. The molecule has 11 nitrogen and oxygen atoms in total. The number of pyridine rings is 1. The van der Waals surface area contributed by atoms with E-state index >= 15 is 0 Å². The molecule has 0 saturated heterocycles. The van der Waals surface area contributed by atoms with E-state index in [9.17, 15) is 23.1 Å². The number of aryl methyl sites for hydroxylation is 6. The molecule has 0 saturated carbocycles. The van der Waals surface area contributed by atoms with Gasteiger partial charge in [0.15, 0.2) is 0 Å². The molecule has 1 unspecified atom stereocenters. The lowest BCUT2D eigenvalue weighted by Gasteiger charge is -2.18. The SMILES string of the molecule is Cc1cc(C)c(S(=O)(=O)NC(CNC(=O)c2ccc3c(c2)c(CCc2ccccc2)nn3CCCNc2ccccn2)C(=O)O)c(C)c1. The van der Waals surface area contributed by atoms with Crippen LogP contribution in [-0.4, -0.2) is 59.3 Å². The van der Waals surface area contributed by atoms with Crippen LogP contribution in [0.1, 0.15) is 44.7 Å². The van der Waals surface area contributed by atoms with Crippen molar-refractivity contribution in [2.45, 2.75) is 57.5 Å². The minimum atomic E-state index is -4.18. The van der Waals surface area contributed by atoms with Crippen molar-refractivity contribution in [3.8, 4) is 0 Å². The number of carbonyl (C=O) groups is 2. The number of carbonyl (C=O) groups excluding carboxylic acids is 1. The first-order valence-corrected chi connectivity index (χ1v) is 17.3. The Bertz CT molecular complexity index is 1990. The van der Waals surface area contributed by atoms with Gasteiger partial charge in [-0.15, -0.1) is 0 Å². The number of hydrogen-bond acceptors (Lipinski definition) is 7. The maximum Gasteiger partial charge on any atom is 0.323 e. The van der Waals surface area contributed by atoms with Gasteiger partial charge in [-0.25, -0.2) is 13.4 Å². The third kappa shape index (κ3) is 8.44. The van der Waals surface area contributed by atoms with Crippen LogP contribution in [0, 0.1) is 20.8 Å². The van der Waals surface area contributed by atoms with Gasteiger partial charge in [0, 0.05) is 36.8 Å². The predicted octanol–water partition coefficient (Wildman–Crippen LogP) is 4.81. The van der Waals surface area contributed by atoms with Crippen molar-refractivity contribution in [3.63, 3.8) is 0 Å². The number of carboxylic acids is 1. The van der Waals surface area contributed by atoms with Crippen LogP contribution in [0.4, 0.5) is 5.82 Å². The van der Waals surface area contributed by atoms with Crippen molar-refractivity contribution >= 4 is 38.6 Å². The Kier molecular flexibility index (Phi) is 10.9. The van der Waals surface area contributed by atoms with Crippen LogP contribution in [0.3, 0.4) is 0 Å². The van der Waals surface area contributed by atoms with E-state index in [1.54, 1.807) is 44.3 Å². The van der Waals surface area contributed by atoms with Crippen molar-refractivity contribution in [2.75, 3.05) is 18.4 Å². The van der Waals surface area contributed by atoms with Gasteiger partial charge in [0.2, 0.25) is 10.0 Å². The van der Waals surface area contributed by atoms with Gasteiger partial charge in [-0.3, -0.25) is 14.3 Å². The summed E-state index contributed by atoms with van der Waals surface area (Å²) in [6, 6.07) is 23.0. The third-order valence-corrected chi connectivity index (χ3v) is 9.81. The summed E-state index contributed by atoms with van der Waals surface area (Å²) in [5, 5.41) is 21.5. The Morgan fingerprint density at radius 1 is 0.917 bits per heavy atom. The van der Waals surface area contributed by atoms with Gasteiger partial charge in [-0.1, -0.05) is 54.1 Å². The fourth-order valence-corrected chi connectivity index (χ4v) is 7.52. The Labute approximate surface area is 280 Å². The zero-order valence-electron chi connectivity index (χ0n) is 27.2. The minimum Gasteiger partial charge on any atom is -0.480 e. The van der Waals surface area contributed by atoms with Gasteiger partial charge in [0.1, 0.15) is 11.9 Å². The summed E-state index contributed by atoms with van der Waals surface area (Å²) in [7, 11) is -4.18. The van der Waals surface area contributed by atoms with Gasteiger partial charge in [-0.2, -0.15) is 9.82 Å². The lowest BCUT2D eigenvalue weighted by Crippen LogP contribution is -2.48. The standard InChI is InChI=1S/C36H40N6O5S/c1-24-20-25(2)34(26(3)21-24)48(46,47)41-31(36(44)45)23-39-35(43)28-14-16-32-29(22-28)30(15-13-27-10-5-4-6-11-27)40-42(32)19-9-18-38-33-12-7-8-17-37-33/h4-8,10-12,14,16-17,20-22,31,41H,9,13,15,18-19,23H2,1-3H3,(H,37,38)(H,39,43)(H,44,45). The number of nitrogens with zero attached hydrogens (tertiary/aromatic N) is 3. The summed E-state index contributed by atoms with van der Waals surface area (Å²) >= 11 is 0. The molecule has 0 radical (unpaired) electrons. The quantitative estimate of drug-likeness (QED) is 0.116. The van der Waals surface area contributed by atoms with E-state index in [0.717, 1.165) is 40.8 Å². The number of aromatic nitrogens is 3. The molecule has 12 heteroatoms. The number of rotatable bonds is 15. The summed E-state index contributed by atoms with van der Waals surface area (Å²) < 4.78 is 30.7. The summed E-state index contributed by atoms with van der Waals surface area (Å²) in [6.45, 7) is 6.09. The monoisotopic (exact) mass is 668 g/mol. The van der Waals surface area contributed by atoms with E-state index in [0.29, 0.717) is 36.2 Å². The molecule has 0 spiro atoms. The highest BCUT2D eigenvalue weighted by Gasteiger charge is 2.28. The molecule has 0 fully saturated rings. The van der Waals surface area contributed by atoms with Crippen molar-refractivity contribution < 1.29 is 23.1 Å². The van der Waals surface area contributed by atoms with Crippen molar-refractivity contribution in [1.82, 2.24) is 24.8 Å². The largest absolute Gasteiger partial charge is 0.480 e. The van der Waals surface area contributed by atoms with Gasteiger partial charge in [0.05, 0.1) is 16.1 Å². The summed E-state index contributed by atoms with van der Waals surface area (Å²) in [4.78, 5) is 29.7. The first-order chi connectivity index (χ1) is 23.0. The van der Waals surface area contributed by atoms with Gasteiger partial charge < -0.3 is 15.7 Å². The number of anilines is 1. The smallest absolute Gasteiger partial charge is 0.323 e. The molecule has 0 aliphatic carbocycles. The topological polar surface area (TPSA) is 155 Å². The van der Waals surface area contributed by atoms with Crippen LogP contribution in [0.15, 0.2) is 90.0 Å². The number of amides is 1. The second-order valence-corrected chi connectivity index (χ2v) is 13.5. The summed E-state index contributed by atoms with van der Waals surface area (Å²) in [5.41, 5.74) is 5.14. The maximum absolute atomic E-state index is 13.3. The number of fused-ring (bicyclic) bond motifs is 1. The molecule has 1 amide bonds. The number of aliphatic carboxylic acids is 1. The van der Waals surface area contributed by atoms with Gasteiger partial charge in [0.25, 0.3) is 5.91 Å². The van der Waals surface area contributed by atoms with Crippen LogP contribution in [0.25, 0.3) is 10.9 Å². The molecule has 0 aliphatic heterocycles. The molecule has 4 N–H and O–H groups in total. The van der Waals surface area contributed by atoms with Gasteiger partial charge in [-0.05, 0) is 87.1 Å². The number of hydrogen-bond donors (Lipinski definition) is 4. The van der Waals surface area contributed by atoms with Gasteiger partial charge >= 0.3 is 5.97 Å². The second kappa shape index (κ2) is 15.2. The van der Waals surface area contributed by atoms with Crippen LogP contribution in [0.5, 0.6) is 0 Å². The molecule has 5 rings (SSSR count). The molecule has 5 aromatic rings. The zero-order valence-corrected chi connectivity index (χ0v) is 28.0. The number of carboxylic acid groups (broad SMARTS) is 1. The lowest BCUT2D eigenvalue weighted by molar-refractivity contribution is -0.138. The van der Waals surface area contributed by atoms with Crippen LogP contribution >= 0.6 is 0 Å². The summed E-state index contributed by atoms with van der Waals surface area (Å²) in [6.07, 6.45) is 3.96. The van der Waals surface area contributed by atoms with E-state index in [2.05, 4.69) is 32.5 Å². The Morgan fingerprint density at radius 2 is 1.65 bits per heavy atom. The minimum absolute atomic E-state index is 0.0312. The van der Waals surface area contributed by atoms with Crippen LogP contribution in [0.2, 0.25) is 0 Å². The predicted molar refractivity (Wildman–Crippen MR) is 186 cm³/mol. The number of sulfonamides is 1. The fraction of sp³-hybridized carbons (Fsp3) is 0.278. The average molecular weight is 669 g/mol. The molecule has 48 heavy (non-hydrogen) atoms. The highest BCUT2D eigenvalue weighted by molar-refractivity contribution is 7.89. The third-order valence-electron chi connectivity index (χ3n) is 8.04. The first-order valence-electron chi connectivity index (χ1n) is 15.8. The molecule has 1 atom stereocenters. The molecular formula is C36H40N6O5S. The fourth-order valence-electron chi connectivity index (χ4n) is 5.88. The van der Waals surface area contributed by atoms with E-state index in [1.807, 2.05) is 54.1 Å². The maximum atomic E-state index is 13.3. The zero-order chi connectivity index (χ0) is 34.3. The molecule has 3 aromatic carbocycles. The summed E-state index contributed by atoms with van der Waals surface area (Å²) in [5.74, 6) is -1.12. The Morgan fingerprint density at radius 3 is 2.33 bits per heavy atom. The van der Waals surface area contributed by atoms with E-state index < -0.39 is 34.5 Å². The number of benzene rings is 3. The molecule has 0 bridgehead atoms. The first kappa shape index (κ1) is 34.3. The van der Waals surface area contributed by atoms with Crippen LogP contribution in [-0.2, 0) is 34.2 Å². The number of nitrogens with one attached hydrogen (secondary N) is 3. The van der Waals surface area contributed by atoms with E-state index in [4.69, 9.17) is 5.10 Å². The highest BCUT2D eigenvalue weighted by Crippen LogP contribution is 2.24. The van der Waals surface area contributed by atoms with Crippen molar-refractivity contribution in [1.29, 1.82) is 0 Å². The lowest BCUT2D eigenvalue weighted by atomic mass is 10.0. The Hall–Kier alpha value is -5.07. The van der Waals surface area contributed by atoms with Crippen molar-refractivity contribution in [3.05, 3.63) is 119 Å². The van der Waals surface area contributed by atoms with Crippen LogP contribution < -0.4 is 15.4 Å².